The third-order valence-electron chi connectivity index (χ3n) is 3.45. The fourth-order valence-electron chi connectivity index (χ4n) is 2.27. The summed E-state index contributed by atoms with van der Waals surface area (Å²) in [6.07, 6.45) is 2.01. The number of hydrogen-bond donors (Lipinski definition) is 2. The normalized spacial score (nSPS) is 17.9. The van der Waals surface area contributed by atoms with Crippen LogP contribution in [0.3, 0.4) is 0 Å². The summed E-state index contributed by atoms with van der Waals surface area (Å²) in [5, 5.41) is 10.3. The van der Waals surface area contributed by atoms with E-state index in [0.29, 0.717) is 16.6 Å². The summed E-state index contributed by atoms with van der Waals surface area (Å²) in [7, 11) is 0. The maximum atomic E-state index is 12.1. The molecule has 1 atom stereocenters. The molecule has 0 bridgehead atoms. The third-order valence-corrected chi connectivity index (χ3v) is 3.69. The zero-order valence-corrected chi connectivity index (χ0v) is 12.3. The number of benzene rings is 1. The Morgan fingerprint density at radius 2 is 2.38 bits per heavy atom. The molecule has 0 aliphatic carbocycles. The van der Waals surface area contributed by atoms with E-state index in [1.165, 1.54) is 0 Å². The van der Waals surface area contributed by atoms with Crippen LogP contribution in [0.2, 0.25) is 5.02 Å². The first-order valence-electron chi connectivity index (χ1n) is 6.78. The van der Waals surface area contributed by atoms with Crippen molar-refractivity contribution in [1.29, 1.82) is 0 Å². The van der Waals surface area contributed by atoms with Crippen molar-refractivity contribution in [2.75, 3.05) is 11.9 Å². The average Bonchev–Trinajstić information content (AvgIpc) is 3.12. The van der Waals surface area contributed by atoms with Crippen LogP contribution in [0, 0.1) is 6.92 Å². The van der Waals surface area contributed by atoms with Crippen LogP contribution in [0.5, 0.6) is 0 Å². The van der Waals surface area contributed by atoms with E-state index in [0.717, 1.165) is 24.9 Å². The van der Waals surface area contributed by atoms with Gasteiger partial charge >= 0.3 is 0 Å². The number of anilines is 1. The lowest BCUT2D eigenvalue weighted by Gasteiger charge is -2.06. The third kappa shape index (κ3) is 3.06. The quantitative estimate of drug-likeness (QED) is 0.911. The predicted octanol–water partition coefficient (Wildman–Crippen LogP) is 2.71. The van der Waals surface area contributed by atoms with Crippen LogP contribution in [0.4, 0.5) is 5.69 Å². The van der Waals surface area contributed by atoms with Crippen molar-refractivity contribution in [1.82, 2.24) is 15.5 Å². The number of nitrogens with zero attached hydrogens (tertiary/aromatic N) is 2. The standard InChI is InChI=1S/C14H15ClN4O2/c1-8-4-5-9(15)7-11(8)17-13(20)12-18-14(21-19-12)10-3-2-6-16-10/h4-5,7,10,16H,2-3,6H2,1H3,(H,17,20). The smallest absolute Gasteiger partial charge is 0.297 e. The molecule has 3 rings (SSSR count). The first-order chi connectivity index (χ1) is 10.1. The Bertz CT molecular complexity index is 665. The summed E-state index contributed by atoms with van der Waals surface area (Å²) < 4.78 is 5.15. The summed E-state index contributed by atoms with van der Waals surface area (Å²) in [6, 6.07) is 5.34. The lowest BCUT2D eigenvalue weighted by molar-refractivity contribution is 0.101. The second-order valence-electron chi connectivity index (χ2n) is 5.02. The van der Waals surface area contributed by atoms with Gasteiger partial charge in [-0.15, -0.1) is 0 Å². The van der Waals surface area contributed by atoms with E-state index in [4.69, 9.17) is 16.1 Å². The van der Waals surface area contributed by atoms with E-state index >= 15 is 0 Å². The van der Waals surface area contributed by atoms with Gasteiger partial charge in [-0.1, -0.05) is 22.8 Å². The highest BCUT2D eigenvalue weighted by atomic mass is 35.5. The molecule has 2 N–H and O–H groups in total. The van der Waals surface area contributed by atoms with Crippen LogP contribution in [-0.2, 0) is 0 Å². The molecule has 1 aliphatic heterocycles. The van der Waals surface area contributed by atoms with Crippen molar-refractivity contribution in [3.8, 4) is 0 Å². The summed E-state index contributed by atoms with van der Waals surface area (Å²) in [5.41, 5.74) is 1.55. The van der Waals surface area contributed by atoms with Gasteiger partial charge in [0, 0.05) is 10.7 Å². The van der Waals surface area contributed by atoms with Crippen molar-refractivity contribution in [3.63, 3.8) is 0 Å². The van der Waals surface area contributed by atoms with Crippen LogP contribution in [-0.4, -0.2) is 22.6 Å². The largest absolute Gasteiger partial charge is 0.337 e. The highest BCUT2D eigenvalue weighted by Gasteiger charge is 2.24. The van der Waals surface area contributed by atoms with Crippen LogP contribution >= 0.6 is 11.6 Å². The molecule has 110 valence electrons. The van der Waals surface area contributed by atoms with Crippen LogP contribution in [0.25, 0.3) is 0 Å². The maximum Gasteiger partial charge on any atom is 0.297 e. The van der Waals surface area contributed by atoms with E-state index < -0.39 is 5.91 Å². The minimum absolute atomic E-state index is 0.0260. The second-order valence-corrected chi connectivity index (χ2v) is 5.45. The number of nitrogens with one attached hydrogen (secondary N) is 2. The second kappa shape index (κ2) is 5.83. The molecule has 0 saturated carbocycles. The van der Waals surface area contributed by atoms with Crippen LogP contribution in [0.1, 0.15) is 41.0 Å². The molecule has 2 aromatic rings. The minimum atomic E-state index is -0.409. The first kappa shape index (κ1) is 14.0. The number of rotatable bonds is 3. The minimum Gasteiger partial charge on any atom is -0.337 e. The number of hydrogen-bond acceptors (Lipinski definition) is 5. The lowest BCUT2D eigenvalue weighted by atomic mass is 10.2. The van der Waals surface area contributed by atoms with Crippen molar-refractivity contribution in [2.45, 2.75) is 25.8 Å². The molecule has 1 aromatic heterocycles. The molecule has 2 heterocycles. The van der Waals surface area contributed by atoms with Crippen molar-refractivity contribution in [3.05, 3.63) is 40.5 Å². The van der Waals surface area contributed by atoms with E-state index in [1.54, 1.807) is 12.1 Å². The molecule has 1 aromatic carbocycles. The van der Waals surface area contributed by atoms with Gasteiger partial charge in [0.05, 0.1) is 6.04 Å². The zero-order valence-electron chi connectivity index (χ0n) is 11.5. The Morgan fingerprint density at radius 1 is 1.52 bits per heavy atom. The highest BCUT2D eigenvalue weighted by Crippen LogP contribution is 2.22. The van der Waals surface area contributed by atoms with E-state index in [1.807, 2.05) is 13.0 Å². The number of aromatic nitrogens is 2. The van der Waals surface area contributed by atoms with Crippen molar-refractivity contribution >= 4 is 23.2 Å². The number of carbonyl (C=O) groups excluding carboxylic acids is 1. The van der Waals surface area contributed by atoms with Crippen LogP contribution < -0.4 is 10.6 Å². The number of amides is 1. The average molecular weight is 307 g/mol. The predicted molar refractivity (Wildman–Crippen MR) is 78.4 cm³/mol. The Balaban J connectivity index is 1.74. The van der Waals surface area contributed by atoms with Gasteiger partial charge in [0.2, 0.25) is 5.89 Å². The van der Waals surface area contributed by atoms with Gasteiger partial charge in [0.15, 0.2) is 0 Å². The van der Waals surface area contributed by atoms with Gasteiger partial charge in [-0.2, -0.15) is 4.98 Å². The van der Waals surface area contributed by atoms with E-state index in [2.05, 4.69) is 20.8 Å². The van der Waals surface area contributed by atoms with Crippen LogP contribution in [0.15, 0.2) is 22.7 Å². The first-order valence-corrected chi connectivity index (χ1v) is 7.16. The van der Waals surface area contributed by atoms with E-state index in [-0.39, 0.29) is 11.9 Å². The van der Waals surface area contributed by atoms with Crippen molar-refractivity contribution < 1.29 is 9.32 Å². The Labute approximate surface area is 126 Å². The molecule has 1 saturated heterocycles. The van der Waals surface area contributed by atoms with Gasteiger partial charge in [-0.05, 0) is 44.0 Å². The lowest BCUT2D eigenvalue weighted by Crippen LogP contribution is -2.16. The maximum absolute atomic E-state index is 12.1. The van der Waals surface area contributed by atoms with E-state index in [9.17, 15) is 4.79 Å². The number of halogens is 1. The molecule has 0 radical (unpaired) electrons. The highest BCUT2D eigenvalue weighted by molar-refractivity contribution is 6.31. The summed E-state index contributed by atoms with van der Waals surface area (Å²) in [4.78, 5) is 16.3. The Hall–Kier alpha value is -1.92. The topological polar surface area (TPSA) is 80.0 Å². The molecular weight excluding hydrogens is 292 g/mol. The summed E-state index contributed by atoms with van der Waals surface area (Å²) >= 11 is 5.93. The molecule has 1 aliphatic rings. The van der Waals surface area contributed by atoms with Gasteiger partial charge in [-0.3, -0.25) is 4.79 Å². The Morgan fingerprint density at radius 3 is 3.14 bits per heavy atom. The van der Waals surface area contributed by atoms with Crippen molar-refractivity contribution in [2.24, 2.45) is 0 Å². The molecule has 1 unspecified atom stereocenters. The molecule has 0 spiro atoms. The Kier molecular flexibility index (Phi) is 3.90. The molecule has 6 nitrogen and oxygen atoms in total. The van der Waals surface area contributed by atoms with Gasteiger partial charge in [0.1, 0.15) is 0 Å². The molecule has 7 heteroatoms. The molecule has 1 amide bonds. The van der Waals surface area contributed by atoms with Gasteiger partial charge in [-0.25, -0.2) is 0 Å². The van der Waals surface area contributed by atoms with Gasteiger partial charge < -0.3 is 15.2 Å². The zero-order chi connectivity index (χ0) is 14.8. The summed E-state index contributed by atoms with van der Waals surface area (Å²) in [6.45, 7) is 2.81. The molecule has 21 heavy (non-hydrogen) atoms. The molecule has 1 fully saturated rings. The number of carbonyl (C=O) groups is 1. The fraction of sp³-hybridized carbons (Fsp3) is 0.357. The summed E-state index contributed by atoms with van der Waals surface area (Å²) in [5.74, 6) is 0.0758. The fourth-order valence-corrected chi connectivity index (χ4v) is 2.44. The SMILES string of the molecule is Cc1ccc(Cl)cc1NC(=O)c1noc(C2CCCN2)n1. The molecular formula is C14H15ClN4O2. The monoisotopic (exact) mass is 306 g/mol. The van der Waals surface area contributed by atoms with Gasteiger partial charge in [0.25, 0.3) is 11.7 Å². The number of aryl methyl sites for hydroxylation is 1.